The summed E-state index contributed by atoms with van der Waals surface area (Å²) in [4.78, 5) is 28.0. The van der Waals surface area contributed by atoms with Gasteiger partial charge in [-0.15, -0.1) is 0 Å². The lowest BCUT2D eigenvalue weighted by Crippen LogP contribution is -2.22. The van der Waals surface area contributed by atoms with Gasteiger partial charge in [-0.05, 0) is 54.4 Å². The van der Waals surface area contributed by atoms with E-state index in [-0.39, 0.29) is 5.69 Å². The lowest BCUT2D eigenvalue weighted by molar-refractivity contribution is -0.151. The van der Waals surface area contributed by atoms with Gasteiger partial charge in [0.1, 0.15) is 11.6 Å². The highest BCUT2D eigenvalue weighted by atomic mass is 19.1. The van der Waals surface area contributed by atoms with Gasteiger partial charge in [0.15, 0.2) is 6.61 Å². The number of halogens is 1. The predicted octanol–water partition coefficient (Wildman–Crippen LogP) is 2.68. The van der Waals surface area contributed by atoms with Crippen LogP contribution in [0.25, 0.3) is 0 Å². The average molecular weight is 374 g/mol. The molecule has 0 aliphatic heterocycles. The lowest BCUT2D eigenvalue weighted by Gasteiger charge is -2.07. The number of hydrogen-bond acceptors (Lipinski definition) is 6. The van der Waals surface area contributed by atoms with Crippen LogP contribution in [-0.4, -0.2) is 38.4 Å². The Balaban J connectivity index is 1.68. The highest BCUT2D eigenvalue weighted by Crippen LogP contribution is 2.13. The number of aryl methyl sites for hydroxylation is 1. The summed E-state index contributed by atoms with van der Waals surface area (Å²) in [6, 6.07) is 11.3. The molecule has 0 unspecified atom stereocenters. The van der Waals surface area contributed by atoms with Gasteiger partial charge in [0, 0.05) is 5.69 Å². The normalized spacial score (nSPS) is 10.5. The standard InChI is InChI=1S/C19H19FN2O5/c1-13-3-6-15(9-17(13)20)22-18(23)11-26-19(24)12-27-21-10-14-4-7-16(25-2)8-5-14/h3-10H,11-12H2,1-2H3,(H,22,23)/b21-10-. The number of nitrogens with zero attached hydrogens (tertiary/aromatic N) is 1. The summed E-state index contributed by atoms with van der Waals surface area (Å²) in [5, 5.41) is 6.07. The third kappa shape index (κ3) is 6.77. The fraction of sp³-hybridized carbons (Fsp3) is 0.211. The maximum absolute atomic E-state index is 13.4. The van der Waals surface area contributed by atoms with Gasteiger partial charge >= 0.3 is 5.97 Å². The van der Waals surface area contributed by atoms with Gasteiger partial charge in [-0.1, -0.05) is 11.2 Å². The van der Waals surface area contributed by atoms with Gasteiger partial charge in [-0.25, -0.2) is 9.18 Å². The molecule has 0 fully saturated rings. The zero-order valence-electron chi connectivity index (χ0n) is 14.9. The molecular formula is C19H19FN2O5. The van der Waals surface area contributed by atoms with E-state index in [1.54, 1.807) is 44.4 Å². The van der Waals surface area contributed by atoms with Crippen LogP contribution in [0.15, 0.2) is 47.6 Å². The first kappa shape index (κ1) is 19.9. The molecule has 2 aromatic rings. The van der Waals surface area contributed by atoms with Crippen LogP contribution in [0.1, 0.15) is 11.1 Å². The first-order valence-electron chi connectivity index (χ1n) is 7.99. The number of oxime groups is 1. The summed E-state index contributed by atoms with van der Waals surface area (Å²) in [5.74, 6) is -1.07. The van der Waals surface area contributed by atoms with Gasteiger partial charge in [-0.3, -0.25) is 4.79 Å². The number of carbonyl (C=O) groups is 2. The molecule has 7 nitrogen and oxygen atoms in total. The molecule has 142 valence electrons. The van der Waals surface area contributed by atoms with Crippen molar-refractivity contribution in [1.29, 1.82) is 0 Å². The van der Waals surface area contributed by atoms with Crippen LogP contribution >= 0.6 is 0 Å². The monoisotopic (exact) mass is 374 g/mol. The van der Waals surface area contributed by atoms with Crippen molar-refractivity contribution in [2.75, 3.05) is 25.6 Å². The van der Waals surface area contributed by atoms with Crippen LogP contribution in [0.5, 0.6) is 5.75 Å². The van der Waals surface area contributed by atoms with Crippen LogP contribution in [-0.2, 0) is 19.2 Å². The Morgan fingerprint density at radius 1 is 1.15 bits per heavy atom. The molecule has 0 saturated heterocycles. The lowest BCUT2D eigenvalue weighted by atomic mass is 10.2. The summed E-state index contributed by atoms with van der Waals surface area (Å²) in [5.41, 5.74) is 1.50. The second kappa shape index (κ2) is 9.91. The number of anilines is 1. The van der Waals surface area contributed by atoms with E-state index in [2.05, 4.69) is 10.5 Å². The molecule has 0 radical (unpaired) electrons. The third-order valence-corrected chi connectivity index (χ3v) is 3.39. The number of hydrogen-bond donors (Lipinski definition) is 1. The Hall–Kier alpha value is -3.42. The Kier molecular flexibility index (Phi) is 7.30. The minimum atomic E-state index is -0.757. The first-order chi connectivity index (χ1) is 13.0. The topological polar surface area (TPSA) is 86.2 Å². The minimum absolute atomic E-state index is 0.277. The Labute approximate surface area is 155 Å². The summed E-state index contributed by atoms with van der Waals surface area (Å²) >= 11 is 0. The van der Waals surface area contributed by atoms with Crippen LogP contribution in [0.2, 0.25) is 0 Å². The van der Waals surface area contributed by atoms with Crippen LogP contribution in [0.3, 0.4) is 0 Å². The fourth-order valence-corrected chi connectivity index (χ4v) is 1.93. The molecule has 2 rings (SSSR count). The molecule has 2 aromatic carbocycles. The molecular weight excluding hydrogens is 355 g/mol. The summed E-state index contributed by atoms with van der Waals surface area (Å²) in [7, 11) is 1.57. The van der Waals surface area contributed by atoms with E-state index in [0.29, 0.717) is 11.3 Å². The van der Waals surface area contributed by atoms with Crippen molar-refractivity contribution in [3.8, 4) is 5.75 Å². The number of esters is 1. The van der Waals surface area contributed by atoms with Crippen molar-refractivity contribution in [2.24, 2.45) is 5.16 Å². The number of nitrogens with one attached hydrogen (secondary N) is 1. The SMILES string of the molecule is COc1ccc(/C=N\OCC(=O)OCC(=O)Nc2ccc(C)c(F)c2)cc1. The zero-order valence-corrected chi connectivity index (χ0v) is 14.9. The van der Waals surface area contributed by atoms with Crippen LogP contribution < -0.4 is 10.1 Å². The molecule has 0 heterocycles. The number of ether oxygens (including phenoxy) is 2. The molecule has 1 N–H and O–H groups in total. The summed E-state index contributed by atoms with van der Waals surface area (Å²) in [6.07, 6.45) is 1.42. The second-order valence-corrected chi connectivity index (χ2v) is 5.45. The molecule has 0 aliphatic carbocycles. The van der Waals surface area contributed by atoms with Gasteiger partial charge in [0.25, 0.3) is 5.91 Å². The van der Waals surface area contributed by atoms with E-state index in [1.165, 1.54) is 18.3 Å². The smallest absolute Gasteiger partial charge is 0.347 e. The molecule has 0 aromatic heterocycles. The van der Waals surface area contributed by atoms with E-state index < -0.39 is 30.9 Å². The van der Waals surface area contributed by atoms with Crippen molar-refractivity contribution < 1.29 is 28.3 Å². The quantitative estimate of drug-likeness (QED) is 0.436. The maximum atomic E-state index is 13.4. The summed E-state index contributed by atoms with van der Waals surface area (Å²) in [6.45, 7) is 0.652. The molecule has 0 saturated carbocycles. The van der Waals surface area contributed by atoms with E-state index in [0.717, 1.165) is 5.56 Å². The van der Waals surface area contributed by atoms with E-state index in [9.17, 15) is 14.0 Å². The van der Waals surface area contributed by atoms with Crippen molar-refractivity contribution in [3.63, 3.8) is 0 Å². The molecule has 27 heavy (non-hydrogen) atoms. The summed E-state index contributed by atoms with van der Waals surface area (Å²) < 4.78 is 23.2. The average Bonchev–Trinajstić information content (AvgIpc) is 2.67. The fourth-order valence-electron chi connectivity index (χ4n) is 1.93. The zero-order chi connectivity index (χ0) is 19.6. The molecule has 8 heteroatoms. The maximum Gasteiger partial charge on any atom is 0.347 e. The number of amides is 1. The van der Waals surface area contributed by atoms with Crippen LogP contribution in [0, 0.1) is 12.7 Å². The van der Waals surface area contributed by atoms with Crippen LogP contribution in [0.4, 0.5) is 10.1 Å². The number of methoxy groups -OCH3 is 1. The molecule has 1 amide bonds. The van der Waals surface area contributed by atoms with E-state index in [1.807, 2.05) is 0 Å². The largest absolute Gasteiger partial charge is 0.497 e. The first-order valence-corrected chi connectivity index (χ1v) is 7.99. The predicted molar refractivity (Wildman–Crippen MR) is 97.3 cm³/mol. The van der Waals surface area contributed by atoms with Gasteiger partial charge in [0.05, 0.1) is 13.3 Å². The van der Waals surface area contributed by atoms with Gasteiger partial charge < -0.3 is 19.6 Å². The highest BCUT2D eigenvalue weighted by Gasteiger charge is 2.09. The second-order valence-electron chi connectivity index (χ2n) is 5.45. The number of benzene rings is 2. The van der Waals surface area contributed by atoms with Crippen molar-refractivity contribution in [2.45, 2.75) is 6.92 Å². The van der Waals surface area contributed by atoms with E-state index in [4.69, 9.17) is 14.3 Å². The Morgan fingerprint density at radius 3 is 2.56 bits per heavy atom. The number of carbonyl (C=O) groups excluding carboxylic acids is 2. The highest BCUT2D eigenvalue weighted by molar-refractivity contribution is 5.92. The molecule has 0 spiro atoms. The number of rotatable bonds is 8. The Bertz CT molecular complexity index is 821. The van der Waals surface area contributed by atoms with Gasteiger partial charge in [0.2, 0.25) is 6.61 Å². The van der Waals surface area contributed by atoms with Crippen molar-refractivity contribution in [3.05, 3.63) is 59.4 Å². The minimum Gasteiger partial charge on any atom is -0.497 e. The van der Waals surface area contributed by atoms with Gasteiger partial charge in [-0.2, -0.15) is 0 Å². The van der Waals surface area contributed by atoms with Crippen molar-refractivity contribution in [1.82, 2.24) is 0 Å². The van der Waals surface area contributed by atoms with E-state index >= 15 is 0 Å². The third-order valence-electron chi connectivity index (χ3n) is 3.39. The molecule has 0 bridgehead atoms. The molecule has 0 aliphatic rings. The molecule has 0 atom stereocenters. The Morgan fingerprint density at radius 2 is 1.89 bits per heavy atom. The van der Waals surface area contributed by atoms with Crippen molar-refractivity contribution >= 4 is 23.8 Å².